The summed E-state index contributed by atoms with van der Waals surface area (Å²) in [7, 11) is 0. The molecule has 1 heterocycles. The van der Waals surface area contributed by atoms with E-state index in [-0.39, 0.29) is 11.8 Å². The van der Waals surface area contributed by atoms with Crippen LogP contribution in [0, 0.1) is 5.92 Å². The van der Waals surface area contributed by atoms with Crippen molar-refractivity contribution in [2.24, 2.45) is 5.92 Å². The molecule has 1 aliphatic heterocycles. The molecule has 0 radical (unpaired) electrons. The number of amides is 2. The largest absolute Gasteiger partial charge is 0.354 e. The molecule has 2 fully saturated rings. The first-order valence-corrected chi connectivity index (χ1v) is 8.28. The van der Waals surface area contributed by atoms with Crippen molar-refractivity contribution in [2.75, 3.05) is 13.2 Å². The van der Waals surface area contributed by atoms with E-state index in [0.29, 0.717) is 25.5 Å². The molecule has 1 N–H and O–H groups in total. The van der Waals surface area contributed by atoms with E-state index in [9.17, 15) is 9.59 Å². The van der Waals surface area contributed by atoms with Gasteiger partial charge in [0.1, 0.15) is 11.8 Å². The van der Waals surface area contributed by atoms with Crippen LogP contribution in [0.15, 0.2) is 0 Å². The summed E-state index contributed by atoms with van der Waals surface area (Å²) in [5, 5.41) is 2.90. The van der Waals surface area contributed by atoms with Crippen molar-refractivity contribution in [1.82, 2.24) is 10.2 Å². The summed E-state index contributed by atoms with van der Waals surface area (Å²) in [5.41, 5.74) is -0.534. The van der Waals surface area contributed by atoms with Crippen molar-refractivity contribution >= 4 is 11.8 Å². The lowest BCUT2D eigenvalue weighted by Gasteiger charge is -2.43. The summed E-state index contributed by atoms with van der Waals surface area (Å²) in [5.74, 6) is 0.624. The summed E-state index contributed by atoms with van der Waals surface area (Å²) in [6, 6.07) is -0.461. The van der Waals surface area contributed by atoms with Gasteiger partial charge in [-0.1, -0.05) is 20.8 Å². The van der Waals surface area contributed by atoms with Gasteiger partial charge in [-0.25, -0.2) is 0 Å². The predicted molar refractivity (Wildman–Crippen MR) is 80.5 cm³/mol. The van der Waals surface area contributed by atoms with Gasteiger partial charge in [-0.3, -0.25) is 14.5 Å². The Morgan fingerprint density at radius 1 is 1.29 bits per heavy atom. The van der Waals surface area contributed by atoms with E-state index in [1.807, 2.05) is 13.8 Å². The molecule has 5 heteroatoms. The monoisotopic (exact) mass is 296 g/mol. The molecular formula is C16H28N2O3. The molecule has 0 aromatic carbocycles. The van der Waals surface area contributed by atoms with Crippen LogP contribution in [0.2, 0.25) is 0 Å². The predicted octanol–water partition coefficient (Wildman–Crippen LogP) is 2.06. The van der Waals surface area contributed by atoms with Crippen LogP contribution in [0.4, 0.5) is 0 Å². The minimum absolute atomic E-state index is 0.0266. The third kappa shape index (κ3) is 3.23. The highest BCUT2D eigenvalue weighted by molar-refractivity contribution is 5.88. The maximum atomic E-state index is 12.4. The van der Waals surface area contributed by atoms with E-state index in [1.54, 1.807) is 4.90 Å². The van der Waals surface area contributed by atoms with Gasteiger partial charge in [-0.2, -0.15) is 0 Å². The SMILES string of the molecule is CCCNC(=O)[C@@H]1COC2(CCC(C)CC2)N1C(=O)CC. The standard InChI is InChI=1S/C16H28N2O3/c1-4-10-17-15(20)13-11-21-16(18(13)14(19)5-2)8-6-12(3)7-9-16/h12-13H,4-11H2,1-3H3,(H,17,20)/t12?,13-,16?/m0/s1. The van der Waals surface area contributed by atoms with Crippen molar-refractivity contribution < 1.29 is 14.3 Å². The van der Waals surface area contributed by atoms with E-state index in [4.69, 9.17) is 4.74 Å². The first kappa shape index (κ1) is 16.3. The number of rotatable bonds is 4. The summed E-state index contributed by atoms with van der Waals surface area (Å²) >= 11 is 0. The Labute approximate surface area is 127 Å². The molecule has 1 atom stereocenters. The molecule has 0 aromatic rings. The van der Waals surface area contributed by atoms with Crippen LogP contribution in [-0.4, -0.2) is 41.6 Å². The molecule has 5 nitrogen and oxygen atoms in total. The first-order valence-electron chi connectivity index (χ1n) is 8.28. The molecule has 21 heavy (non-hydrogen) atoms. The average molecular weight is 296 g/mol. The van der Waals surface area contributed by atoms with E-state index >= 15 is 0 Å². The zero-order chi connectivity index (χ0) is 15.5. The van der Waals surface area contributed by atoms with Gasteiger partial charge in [-0.15, -0.1) is 0 Å². The smallest absolute Gasteiger partial charge is 0.245 e. The van der Waals surface area contributed by atoms with E-state index in [0.717, 1.165) is 32.1 Å². The van der Waals surface area contributed by atoms with Gasteiger partial charge in [0.15, 0.2) is 0 Å². The molecule has 0 unspecified atom stereocenters. The molecule has 1 spiro atoms. The summed E-state index contributed by atoms with van der Waals surface area (Å²) in [6.07, 6.45) is 5.10. The van der Waals surface area contributed by atoms with Crippen LogP contribution in [0.25, 0.3) is 0 Å². The second-order valence-corrected chi connectivity index (χ2v) is 6.36. The quantitative estimate of drug-likeness (QED) is 0.864. The molecule has 0 aromatic heterocycles. The van der Waals surface area contributed by atoms with Gasteiger partial charge in [0.05, 0.1) is 6.61 Å². The highest BCUT2D eigenvalue weighted by Crippen LogP contribution is 2.42. The van der Waals surface area contributed by atoms with Crippen molar-refractivity contribution in [3.8, 4) is 0 Å². The maximum Gasteiger partial charge on any atom is 0.245 e. The van der Waals surface area contributed by atoms with Crippen LogP contribution in [0.1, 0.15) is 59.3 Å². The van der Waals surface area contributed by atoms with Gasteiger partial charge in [0.25, 0.3) is 0 Å². The second kappa shape index (κ2) is 6.77. The van der Waals surface area contributed by atoms with Crippen molar-refractivity contribution in [3.05, 3.63) is 0 Å². The van der Waals surface area contributed by atoms with E-state index < -0.39 is 11.8 Å². The van der Waals surface area contributed by atoms with Crippen molar-refractivity contribution in [2.45, 2.75) is 71.1 Å². The Balaban J connectivity index is 2.16. The van der Waals surface area contributed by atoms with Crippen LogP contribution in [-0.2, 0) is 14.3 Å². The molecule has 2 rings (SSSR count). The summed E-state index contributed by atoms with van der Waals surface area (Å²) in [6.45, 7) is 7.08. The third-order valence-corrected chi connectivity index (χ3v) is 4.74. The topological polar surface area (TPSA) is 58.6 Å². The third-order valence-electron chi connectivity index (χ3n) is 4.74. The minimum Gasteiger partial charge on any atom is -0.354 e. The number of carbonyl (C=O) groups excluding carboxylic acids is 2. The molecule has 120 valence electrons. The Bertz CT molecular complexity index is 389. The van der Waals surface area contributed by atoms with E-state index in [2.05, 4.69) is 12.2 Å². The normalized spacial score (nSPS) is 32.4. The second-order valence-electron chi connectivity index (χ2n) is 6.36. The zero-order valence-electron chi connectivity index (χ0n) is 13.5. The van der Waals surface area contributed by atoms with Crippen LogP contribution in [0.5, 0.6) is 0 Å². The van der Waals surface area contributed by atoms with Crippen molar-refractivity contribution in [1.29, 1.82) is 0 Å². The number of nitrogens with zero attached hydrogens (tertiary/aromatic N) is 1. The highest BCUT2D eigenvalue weighted by Gasteiger charge is 2.52. The highest BCUT2D eigenvalue weighted by atomic mass is 16.5. The number of hydrogen-bond acceptors (Lipinski definition) is 3. The lowest BCUT2D eigenvalue weighted by Crippen LogP contribution is -2.56. The van der Waals surface area contributed by atoms with Crippen LogP contribution >= 0.6 is 0 Å². The fourth-order valence-corrected chi connectivity index (χ4v) is 3.39. The molecule has 0 bridgehead atoms. The Hall–Kier alpha value is -1.10. The lowest BCUT2D eigenvalue weighted by atomic mass is 9.83. The fraction of sp³-hybridized carbons (Fsp3) is 0.875. The lowest BCUT2D eigenvalue weighted by molar-refractivity contribution is -0.161. The molecule has 1 saturated heterocycles. The van der Waals surface area contributed by atoms with Crippen molar-refractivity contribution in [3.63, 3.8) is 0 Å². The zero-order valence-corrected chi connectivity index (χ0v) is 13.5. The summed E-state index contributed by atoms with van der Waals surface area (Å²) in [4.78, 5) is 26.5. The Morgan fingerprint density at radius 3 is 2.52 bits per heavy atom. The molecule has 2 amide bonds. The van der Waals surface area contributed by atoms with Gasteiger partial charge in [0.2, 0.25) is 11.8 Å². The Morgan fingerprint density at radius 2 is 1.95 bits per heavy atom. The number of carbonyl (C=O) groups is 2. The number of nitrogens with one attached hydrogen (secondary N) is 1. The van der Waals surface area contributed by atoms with Gasteiger partial charge >= 0.3 is 0 Å². The van der Waals surface area contributed by atoms with Gasteiger partial charge in [0, 0.05) is 13.0 Å². The fourth-order valence-electron chi connectivity index (χ4n) is 3.39. The minimum atomic E-state index is -0.534. The van der Waals surface area contributed by atoms with Crippen LogP contribution < -0.4 is 5.32 Å². The number of ether oxygens (including phenoxy) is 1. The molecular weight excluding hydrogens is 268 g/mol. The van der Waals surface area contributed by atoms with Gasteiger partial charge in [-0.05, 0) is 38.0 Å². The summed E-state index contributed by atoms with van der Waals surface area (Å²) < 4.78 is 6.02. The average Bonchev–Trinajstić information content (AvgIpc) is 2.86. The molecule has 1 saturated carbocycles. The molecule has 1 aliphatic carbocycles. The van der Waals surface area contributed by atoms with E-state index in [1.165, 1.54) is 0 Å². The molecule has 2 aliphatic rings. The Kier molecular flexibility index (Phi) is 5.25. The van der Waals surface area contributed by atoms with Gasteiger partial charge < -0.3 is 10.1 Å². The number of hydrogen-bond donors (Lipinski definition) is 1. The first-order chi connectivity index (χ1) is 10.0. The maximum absolute atomic E-state index is 12.4. The van der Waals surface area contributed by atoms with Crippen LogP contribution in [0.3, 0.4) is 0 Å².